The summed E-state index contributed by atoms with van der Waals surface area (Å²) in [4.78, 5) is 23.9. The number of nitrogens with zero attached hydrogens (tertiary/aromatic N) is 1. The number of rotatable bonds is 8. The number of carbonyl (C=O) groups is 2. The van der Waals surface area contributed by atoms with Crippen molar-refractivity contribution in [1.82, 2.24) is 5.32 Å². The van der Waals surface area contributed by atoms with Crippen LogP contribution in [0.4, 0.5) is 0 Å². The number of ether oxygens (including phenoxy) is 3. The lowest BCUT2D eigenvalue weighted by Crippen LogP contribution is -2.27. The number of hydrogen-bond acceptors (Lipinski definition) is 6. The highest BCUT2D eigenvalue weighted by Gasteiger charge is 2.16. The summed E-state index contributed by atoms with van der Waals surface area (Å²) >= 11 is 3.36. The zero-order chi connectivity index (χ0) is 22.1. The van der Waals surface area contributed by atoms with E-state index < -0.39 is 11.9 Å². The van der Waals surface area contributed by atoms with E-state index in [4.69, 9.17) is 9.47 Å². The summed E-state index contributed by atoms with van der Waals surface area (Å²) in [7, 11) is 2.71. The van der Waals surface area contributed by atoms with Crippen molar-refractivity contribution in [3.05, 3.63) is 63.6 Å². The van der Waals surface area contributed by atoms with Crippen LogP contribution in [0.3, 0.4) is 0 Å². The fourth-order valence-corrected chi connectivity index (χ4v) is 3.14. The molecule has 0 heterocycles. The summed E-state index contributed by atoms with van der Waals surface area (Å²) in [5.41, 5.74) is 1.41. The molecule has 0 bridgehead atoms. The first-order chi connectivity index (χ1) is 14.4. The van der Waals surface area contributed by atoms with E-state index in [0.717, 1.165) is 5.56 Å². The molecule has 0 aromatic heterocycles. The average molecular weight is 473 g/mol. The average Bonchev–Trinajstić information content (AvgIpc) is 2.76. The molecule has 7 nitrogen and oxygen atoms in total. The molecule has 2 aromatic rings. The third kappa shape index (κ3) is 6.09. The number of hydrogen-bond donors (Lipinski definition) is 1. The molecule has 1 atom stereocenters. The van der Waals surface area contributed by atoms with E-state index in [0.29, 0.717) is 21.5 Å². The molecule has 1 N–H and O–H groups in total. The highest BCUT2D eigenvalue weighted by atomic mass is 79.9. The van der Waals surface area contributed by atoms with E-state index in [1.807, 2.05) is 43.3 Å². The van der Waals surface area contributed by atoms with E-state index in [1.54, 1.807) is 12.1 Å². The lowest BCUT2D eigenvalue weighted by molar-refractivity contribution is -0.143. The Morgan fingerprint density at radius 1 is 1.23 bits per heavy atom. The monoisotopic (exact) mass is 472 g/mol. The molecule has 2 rings (SSSR count). The van der Waals surface area contributed by atoms with Crippen LogP contribution in [0.5, 0.6) is 11.5 Å². The minimum atomic E-state index is -0.538. The largest absolute Gasteiger partial charge is 0.493 e. The molecule has 1 amide bonds. The van der Waals surface area contributed by atoms with Crippen LogP contribution >= 0.6 is 15.9 Å². The quantitative estimate of drug-likeness (QED) is 0.356. The number of esters is 1. The van der Waals surface area contributed by atoms with Gasteiger partial charge in [0.25, 0.3) is 5.91 Å². The Kier molecular flexibility index (Phi) is 8.44. The molecular weight excluding hydrogens is 452 g/mol. The molecule has 0 saturated carbocycles. The van der Waals surface area contributed by atoms with Crippen molar-refractivity contribution in [3.63, 3.8) is 0 Å². The topological polar surface area (TPSA) is 97.7 Å². The molecule has 0 saturated heterocycles. The summed E-state index contributed by atoms with van der Waals surface area (Å²) in [5.74, 6) is -0.394. The van der Waals surface area contributed by atoms with Gasteiger partial charge in [0.2, 0.25) is 0 Å². The number of nitrogens with one attached hydrogen (secondary N) is 1. The smallest absolute Gasteiger partial charge is 0.343 e. The van der Waals surface area contributed by atoms with Crippen LogP contribution in [-0.2, 0) is 14.3 Å². The van der Waals surface area contributed by atoms with Crippen LogP contribution in [0.25, 0.3) is 6.08 Å². The summed E-state index contributed by atoms with van der Waals surface area (Å²) in [5, 5.41) is 12.3. The molecule has 156 valence electrons. The first-order valence-electron chi connectivity index (χ1n) is 8.94. The molecule has 8 heteroatoms. The van der Waals surface area contributed by atoms with E-state index in [9.17, 15) is 14.9 Å². The summed E-state index contributed by atoms with van der Waals surface area (Å²) in [6, 6.07) is 14.4. The molecule has 30 heavy (non-hydrogen) atoms. The first-order valence-corrected chi connectivity index (χ1v) is 9.73. The maximum atomic E-state index is 12.6. The van der Waals surface area contributed by atoms with Gasteiger partial charge in [-0.15, -0.1) is 0 Å². The summed E-state index contributed by atoms with van der Waals surface area (Å²) in [6.07, 6.45) is 1.45. The van der Waals surface area contributed by atoms with Gasteiger partial charge < -0.3 is 19.5 Å². The zero-order valence-corrected chi connectivity index (χ0v) is 18.4. The highest BCUT2D eigenvalue weighted by molar-refractivity contribution is 9.10. The predicted octanol–water partition coefficient (Wildman–Crippen LogP) is 3.79. The van der Waals surface area contributed by atoms with Crippen molar-refractivity contribution in [2.24, 2.45) is 0 Å². The number of nitriles is 1. The summed E-state index contributed by atoms with van der Waals surface area (Å²) < 4.78 is 15.8. The Balaban J connectivity index is 2.24. The van der Waals surface area contributed by atoms with Crippen LogP contribution in [0.1, 0.15) is 24.1 Å². The lowest BCUT2D eigenvalue weighted by Gasteiger charge is -2.14. The number of halogens is 1. The van der Waals surface area contributed by atoms with Gasteiger partial charge in [-0.1, -0.05) is 30.3 Å². The maximum absolute atomic E-state index is 12.6. The van der Waals surface area contributed by atoms with E-state index in [2.05, 4.69) is 26.0 Å². The molecule has 0 aliphatic heterocycles. The van der Waals surface area contributed by atoms with Gasteiger partial charge in [0, 0.05) is 0 Å². The van der Waals surface area contributed by atoms with Crippen molar-refractivity contribution in [2.45, 2.75) is 13.0 Å². The molecule has 0 aliphatic carbocycles. The fourth-order valence-electron chi connectivity index (χ4n) is 2.57. The molecule has 0 aliphatic rings. The van der Waals surface area contributed by atoms with E-state index >= 15 is 0 Å². The Labute approximate surface area is 183 Å². The van der Waals surface area contributed by atoms with Gasteiger partial charge in [0.05, 0.1) is 24.7 Å². The first kappa shape index (κ1) is 23.0. The van der Waals surface area contributed by atoms with Gasteiger partial charge in [-0.2, -0.15) is 5.26 Å². The van der Waals surface area contributed by atoms with Crippen molar-refractivity contribution < 1.29 is 23.8 Å². The summed E-state index contributed by atoms with van der Waals surface area (Å²) in [6.45, 7) is 1.55. The molecule has 0 fully saturated rings. The third-order valence-corrected chi connectivity index (χ3v) is 4.73. The number of benzene rings is 2. The van der Waals surface area contributed by atoms with Crippen molar-refractivity contribution >= 4 is 33.9 Å². The van der Waals surface area contributed by atoms with Gasteiger partial charge in [-0.05, 0) is 52.2 Å². The fraction of sp³-hybridized carbons (Fsp3) is 0.227. The van der Waals surface area contributed by atoms with Gasteiger partial charge in [-0.25, -0.2) is 4.79 Å². The van der Waals surface area contributed by atoms with E-state index in [1.165, 1.54) is 20.3 Å². The van der Waals surface area contributed by atoms with Crippen molar-refractivity contribution in [3.8, 4) is 17.6 Å². The van der Waals surface area contributed by atoms with Crippen LogP contribution in [-0.4, -0.2) is 32.7 Å². The number of methoxy groups -OCH3 is 2. The Morgan fingerprint density at radius 2 is 1.93 bits per heavy atom. The molecule has 1 unspecified atom stereocenters. The van der Waals surface area contributed by atoms with Crippen LogP contribution < -0.4 is 14.8 Å². The highest BCUT2D eigenvalue weighted by Crippen LogP contribution is 2.37. The second kappa shape index (κ2) is 11.0. The zero-order valence-electron chi connectivity index (χ0n) is 16.8. The molecular formula is C22H21BrN2O5. The van der Waals surface area contributed by atoms with Gasteiger partial charge in [-0.3, -0.25) is 4.79 Å². The minimum absolute atomic E-state index is 0.0602. The van der Waals surface area contributed by atoms with Gasteiger partial charge in [0.15, 0.2) is 18.1 Å². The molecule has 2 aromatic carbocycles. The second-order valence-corrected chi connectivity index (χ2v) is 7.03. The van der Waals surface area contributed by atoms with Gasteiger partial charge >= 0.3 is 5.97 Å². The maximum Gasteiger partial charge on any atom is 0.343 e. The Bertz CT molecular complexity index is 983. The number of carbonyl (C=O) groups excluding carboxylic acids is 2. The Morgan fingerprint density at radius 3 is 2.53 bits per heavy atom. The predicted molar refractivity (Wildman–Crippen MR) is 115 cm³/mol. The molecule has 0 spiro atoms. The van der Waals surface area contributed by atoms with Crippen LogP contribution in [0.2, 0.25) is 0 Å². The standard InChI is InChI=1S/C22H21BrN2O5/c1-14(16-7-5-4-6-8-16)25-22(27)17(12-24)9-15-10-18(23)21(19(11-15)28-2)30-13-20(26)29-3/h4-11,14H,13H2,1-3H3,(H,25,27)/b17-9-. The molecule has 0 radical (unpaired) electrons. The second-order valence-electron chi connectivity index (χ2n) is 6.17. The van der Waals surface area contributed by atoms with Crippen molar-refractivity contribution in [2.75, 3.05) is 20.8 Å². The van der Waals surface area contributed by atoms with Gasteiger partial charge in [0.1, 0.15) is 11.6 Å². The third-order valence-electron chi connectivity index (χ3n) is 4.14. The normalized spacial score (nSPS) is 11.8. The number of amides is 1. The van der Waals surface area contributed by atoms with Crippen LogP contribution in [0, 0.1) is 11.3 Å². The van der Waals surface area contributed by atoms with E-state index in [-0.39, 0.29) is 18.2 Å². The Hall–Kier alpha value is -3.31. The SMILES string of the molecule is COC(=O)COc1c(Br)cc(/C=C(/C#N)C(=O)NC(C)c2ccccc2)cc1OC. The van der Waals surface area contributed by atoms with Crippen LogP contribution in [0.15, 0.2) is 52.5 Å². The van der Waals surface area contributed by atoms with Crippen molar-refractivity contribution in [1.29, 1.82) is 5.26 Å². The minimum Gasteiger partial charge on any atom is -0.493 e. The lowest BCUT2D eigenvalue weighted by atomic mass is 10.1.